The van der Waals surface area contributed by atoms with Crippen molar-refractivity contribution < 1.29 is 27.5 Å². The minimum absolute atomic E-state index is 0.0537. The molecule has 126 valence electrons. The molecule has 1 atom stereocenters. The zero-order valence-corrected chi connectivity index (χ0v) is 13.0. The van der Waals surface area contributed by atoms with Gasteiger partial charge in [-0.05, 0) is 37.3 Å². The van der Waals surface area contributed by atoms with Gasteiger partial charge in [-0.1, -0.05) is 17.7 Å². The molecule has 0 spiro atoms. The van der Waals surface area contributed by atoms with Crippen LogP contribution in [0.15, 0.2) is 36.4 Å². The number of benzene rings is 2. The number of rotatable bonds is 4. The molecule has 0 aliphatic carbocycles. The van der Waals surface area contributed by atoms with Gasteiger partial charge in [-0.2, -0.15) is 0 Å². The van der Waals surface area contributed by atoms with Crippen LogP contribution in [0.25, 0.3) is 0 Å². The van der Waals surface area contributed by atoms with Gasteiger partial charge in [0, 0.05) is 0 Å². The monoisotopic (exact) mass is 357 g/mol. The minimum Gasteiger partial charge on any atom is -0.449 e. The van der Waals surface area contributed by atoms with E-state index < -0.39 is 41.0 Å². The van der Waals surface area contributed by atoms with Crippen molar-refractivity contribution in [1.29, 1.82) is 0 Å². The molecule has 0 saturated carbocycles. The first-order valence-electron chi connectivity index (χ1n) is 6.70. The number of esters is 1. The van der Waals surface area contributed by atoms with E-state index in [9.17, 15) is 22.8 Å². The molecule has 0 radical (unpaired) electrons. The second kappa shape index (κ2) is 7.35. The highest BCUT2D eigenvalue weighted by Gasteiger charge is 2.24. The van der Waals surface area contributed by atoms with E-state index in [1.165, 1.54) is 13.0 Å². The minimum atomic E-state index is -1.36. The predicted molar refractivity (Wildman–Crippen MR) is 81.3 cm³/mol. The number of amides is 1. The number of anilines is 1. The molecule has 0 unspecified atom stereocenters. The van der Waals surface area contributed by atoms with Crippen molar-refractivity contribution in [1.82, 2.24) is 0 Å². The number of hydrogen-bond acceptors (Lipinski definition) is 3. The molecule has 0 aliphatic heterocycles. The van der Waals surface area contributed by atoms with E-state index in [1.54, 1.807) is 0 Å². The van der Waals surface area contributed by atoms with Gasteiger partial charge in [-0.25, -0.2) is 18.0 Å². The second-order valence-electron chi connectivity index (χ2n) is 4.76. The largest absolute Gasteiger partial charge is 0.449 e. The van der Waals surface area contributed by atoms with Gasteiger partial charge < -0.3 is 10.1 Å². The standard InChI is InChI=1S/C16H11ClF3NO3/c1-8(15(22)21-13-6-5-9(18)7-10(13)17)24-16(23)14-11(19)3-2-4-12(14)20/h2-8H,1H3,(H,21,22)/t8-/m0/s1. The molecule has 0 heterocycles. The molecule has 1 amide bonds. The lowest BCUT2D eigenvalue weighted by molar-refractivity contribution is -0.123. The summed E-state index contributed by atoms with van der Waals surface area (Å²) in [5, 5.41) is 2.27. The molecule has 2 aromatic rings. The summed E-state index contributed by atoms with van der Waals surface area (Å²) >= 11 is 5.76. The summed E-state index contributed by atoms with van der Waals surface area (Å²) in [5.41, 5.74) is -0.792. The summed E-state index contributed by atoms with van der Waals surface area (Å²) in [6, 6.07) is 6.16. The summed E-state index contributed by atoms with van der Waals surface area (Å²) in [7, 11) is 0. The van der Waals surface area contributed by atoms with E-state index in [1.807, 2.05) is 0 Å². The molecular weight excluding hydrogens is 347 g/mol. The molecular formula is C16H11ClF3NO3. The lowest BCUT2D eigenvalue weighted by Crippen LogP contribution is -2.30. The average molecular weight is 358 g/mol. The SMILES string of the molecule is C[C@H](OC(=O)c1c(F)cccc1F)C(=O)Nc1ccc(F)cc1Cl. The van der Waals surface area contributed by atoms with Gasteiger partial charge in [0.25, 0.3) is 5.91 Å². The van der Waals surface area contributed by atoms with Crippen LogP contribution in [-0.2, 0) is 9.53 Å². The fourth-order valence-corrected chi connectivity index (χ4v) is 2.01. The molecule has 2 rings (SSSR count). The molecule has 0 aliphatic rings. The van der Waals surface area contributed by atoms with Crippen LogP contribution >= 0.6 is 11.6 Å². The first-order valence-corrected chi connectivity index (χ1v) is 7.08. The lowest BCUT2D eigenvalue weighted by Gasteiger charge is -2.14. The number of hydrogen-bond donors (Lipinski definition) is 1. The van der Waals surface area contributed by atoms with Crippen LogP contribution in [0.1, 0.15) is 17.3 Å². The highest BCUT2D eigenvalue weighted by atomic mass is 35.5. The molecule has 0 bridgehead atoms. The fourth-order valence-electron chi connectivity index (χ4n) is 1.79. The highest BCUT2D eigenvalue weighted by Crippen LogP contribution is 2.23. The van der Waals surface area contributed by atoms with Crippen LogP contribution in [0.4, 0.5) is 18.9 Å². The Morgan fingerprint density at radius 2 is 1.75 bits per heavy atom. The summed E-state index contributed by atoms with van der Waals surface area (Å²) in [5.74, 6) is -4.91. The van der Waals surface area contributed by atoms with Crippen molar-refractivity contribution in [3.8, 4) is 0 Å². The number of ether oxygens (including phenoxy) is 1. The van der Waals surface area contributed by atoms with Crippen LogP contribution in [0, 0.1) is 17.5 Å². The maximum absolute atomic E-state index is 13.5. The van der Waals surface area contributed by atoms with Gasteiger partial charge in [0.2, 0.25) is 0 Å². The van der Waals surface area contributed by atoms with Crippen LogP contribution in [0.2, 0.25) is 5.02 Å². The zero-order chi connectivity index (χ0) is 17.9. The Morgan fingerprint density at radius 1 is 1.12 bits per heavy atom. The van der Waals surface area contributed by atoms with Crippen molar-refractivity contribution in [2.24, 2.45) is 0 Å². The second-order valence-corrected chi connectivity index (χ2v) is 5.16. The molecule has 8 heteroatoms. The van der Waals surface area contributed by atoms with Crippen molar-refractivity contribution in [3.05, 3.63) is 64.4 Å². The molecule has 24 heavy (non-hydrogen) atoms. The normalized spacial score (nSPS) is 11.7. The van der Waals surface area contributed by atoms with Crippen LogP contribution in [-0.4, -0.2) is 18.0 Å². The summed E-state index contributed by atoms with van der Waals surface area (Å²) in [4.78, 5) is 23.8. The topological polar surface area (TPSA) is 55.4 Å². The van der Waals surface area contributed by atoms with Crippen LogP contribution < -0.4 is 5.32 Å². The van der Waals surface area contributed by atoms with E-state index in [-0.39, 0.29) is 10.7 Å². The number of nitrogens with one attached hydrogen (secondary N) is 1. The molecule has 1 N–H and O–H groups in total. The average Bonchev–Trinajstić information content (AvgIpc) is 2.49. The van der Waals surface area contributed by atoms with Crippen molar-refractivity contribution >= 4 is 29.2 Å². The third-order valence-corrected chi connectivity index (χ3v) is 3.32. The first kappa shape index (κ1) is 17.8. The van der Waals surface area contributed by atoms with E-state index in [0.29, 0.717) is 0 Å². The van der Waals surface area contributed by atoms with Crippen LogP contribution in [0.5, 0.6) is 0 Å². The van der Waals surface area contributed by atoms with Gasteiger partial charge in [0.15, 0.2) is 6.10 Å². The van der Waals surface area contributed by atoms with Crippen molar-refractivity contribution in [2.75, 3.05) is 5.32 Å². The third-order valence-electron chi connectivity index (χ3n) is 3.01. The Labute approximate surface area is 140 Å². The molecule has 4 nitrogen and oxygen atoms in total. The van der Waals surface area contributed by atoms with E-state index in [4.69, 9.17) is 16.3 Å². The van der Waals surface area contributed by atoms with Gasteiger partial charge >= 0.3 is 5.97 Å². The Kier molecular flexibility index (Phi) is 5.46. The van der Waals surface area contributed by atoms with E-state index in [0.717, 1.165) is 30.3 Å². The van der Waals surface area contributed by atoms with E-state index in [2.05, 4.69) is 5.32 Å². The van der Waals surface area contributed by atoms with Crippen molar-refractivity contribution in [3.63, 3.8) is 0 Å². The Bertz CT molecular complexity index is 778. The number of carbonyl (C=O) groups excluding carboxylic acids is 2. The van der Waals surface area contributed by atoms with Gasteiger partial charge in [0.05, 0.1) is 10.7 Å². The number of halogens is 4. The molecule has 0 fully saturated rings. The van der Waals surface area contributed by atoms with E-state index >= 15 is 0 Å². The molecule has 0 saturated heterocycles. The van der Waals surface area contributed by atoms with Gasteiger partial charge in [-0.3, -0.25) is 4.79 Å². The molecule has 0 aromatic heterocycles. The summed E-state index contributed by atoms with van der Waals surface area (Å²) in [6.45, 7) is 1.21. The molecule has 2 aromatic carbocycles. The van der Waals surface area contributed by atoms with Gasteiger partial charge in [-0.15, -0.1) is 0 Å². The Morgan fingerprint density at radius 3 is 2.33 bits per heavy atom. The first-order chi connectivity index (χ1) is 11.3. The Hall–Kier alpha value is -2.54. The van der Waals surface area contributed by atoms with Gasteiger partial charge in [0.1, 0.15) is 23.0 Å². The van der Waals surface area contributed by atoms with Crippen molar-refractivity contribution in [2.45, 2.75) is 13.0 Å². The maximum Gasteiger partial charge on any atom is 0.344 e. The maximum atomic E-state index is 13.5. The lowest BCUT2D eigenvalue weighted by atomic mass is 10.2. The smallest absolute Gasteiger partial charge is 0.344 e. The quantitative estimate of drug-likeness (QED) is 0.843. The summed E-state index contributed by atoms with van der Waals surface area (Å²) < 4.78 is 44.7. The van der Waals surface area contributed by atoms with Crippen LogP contribution in [0.3, 0.4) is 0 Å². The fraction of sp³-hybridized carbons (Fsp3) is 0.125. The Balaban J connectivity index is 2.07. The highest BCUT2D eigenvalue weighted by molar-refractivity contribution is 6.33. The third kappa shape index (κ3) is 4.05. The zero-order valence-electron chi connectivity index (χ0n) is 12.3. The predicted octanol–water partition coefficient (Wildman–Crippen LogP) is 3.94. The summed E-state index contributed by atoms with van der Waals surface area (Å²) in [6.07, 6.45) is -1.36. The number of carbonyl (C=O) groups is 2.